The van der Waals surface area contributed by atoms with Gasteiger partial charge in [-0.25, -0.2) is 0 Å². The van der Waals surface area contributed by atoms with Crippen molar-refractivity contribution in [1.82, 2.24) is 5.48 Å². The minimum Gasteiger partial charge on any atom is -0.378 e. The summed E-state index contributed by atoms with van der Waals surface area (Å²) >= 11 is 3.34. The van der Waals surface area contributed by atoms with Crippen LogP contribution in [-0.4, -0.2) is 19.3 Å². The van der Waals surface area contributed by atoms with Gasteiger partial charge in [-0.1, -0.05) is 31.2 Å². The lowest BCUT2D eigenvalue weighted by Gasteiger charge is -2.14. The third kappa shape index (κ3) is 4.31. The van der Waals surface area contributed by atoms with Gasteiger partial charge in [0, 0.05) is 0 Å². The number of ether oxygens (including phenoxy) is 1. The van der Waals surface area contributed by atoms with Crippen LogP contribution in [0.1, 0.15) is 30.9 Å². The Kier molecular flexibility index (Phi) is 4.67. The molecule has 0 saturated heterocycles. The molecular weight excluding hydrogens is 330 g/mol. The summed E-state index contributed by atoms with van der Waals surface area (Å²) in [6, 6.07) is 8.76. The molecule has 1 aromatic rings. The number of rotatable bonds is 7. The molecule has 1 aliphatic carbocycles. The first-order valence-electron chi connectivity index (χ1n) is 7.58. The number of halogens is 1. The lowest BCUT2D eigenvalue weighted by Crippen LogP contribution is -2.18. The summed E-state index contributed by atoms with van der Waals surface area (Å²) in [7, 11) is 0. The minimum atomic E-state index is -0.00000564. The molecule has 4 heteroatoms. The Labute approximate surface area is 134 Å². The summed E-state index contributed by atoms with van der Waals surface area (Å²) in [4.78, 5) is 5.30. The van der Waals surface area contributed by atoms with Crippen LogP contribution in [-0.2, 0) is 22.4 Å². The minimum absolute atomic E-state index is 0.00000564. The highest BCUT2D eigenvalue weighted by Crippen LogP contribution is 2.48. The summed E-state index contributed by atoms with van der Waals surface area (Å²) in [5.41, 5.74) is 6.23. The van der Waals surface area contributed by atoms with E-state index in [2.05, 4.69) is 52.6 Å². The normalized spacial score (nSPS) is 22.8. The summed E-state index contributed by atoms with van der Waals surface area (Å²) in [6.45, 7) is 3.70. The van der Waals surface area contributed by atoms with E-state index >= 15 is 0 Å². The van der Waals surface area contributed by atoms with Crippen molar-refractivity contribution in [3.8, 4) is 0 Å². The van der Waals surface area contributed by atoms with Gasteiger partial charge in [-0.05, 0) is 64.2 Å². The summed E-state index contributed by atoms with van der Waals surface area (Å²) in [5, 5.41) is 0. The van der Waals surface area contributed by atoms with Gasteiger partial charge in [0.05, 0.1) is 13.2 Å². The van der Waals surface area contributed by atoms with Gasteiger partial charge in [-0.15, -0.1) is 0 Å². The predicted molar refractivity (Wildman–Crippen MR) is 87.0 cm³/mol. The van der Waals surface area contributed by atoms with Crippen molar-refractivity contribution in [3.05, 3.63) is 46.1 Å². The molecule has 0 aromatic heterocycles. The van der Waals surface area contributed by atoms with Gasteiger partial charge in [-0.3, -0.25) is 10.3 Å². The Hall–Kier alpha value is -0.840. The number of nitrogens with one attached hydrogen (secondary N) is 1. The Balaban J connectivity index is 1.46. The van der Waals surface area contributed by atoms with E-state index in [1.54, 1.807) is 0 Å². The summed E-state index contributed by atoms with van der Waals surface area (Å²) in [5.74, 6) is 0. The molecule has 1 aliphatic heterocycles. The summed E-state index contributed by atoms with van der Waals surface area (Å²) in [6.07, 6.45) is 6.88. The highest BCUT2D eigenvalue weighted by atomic mass is 79.9. The van der Waals surface area contributed by atoms with Gasteiger partial charge in [-0.2, -0.15) is 0 Å². The highest BCUT2D eigenvalue weighted by Gasteiger charge is 2.37. The van der Waals surface area contributed by atoms with Crippen molar-refractivity contribution in [2.75, 3.05) is 13.2 Å². The SMILES string of the molecule is CC1(Cc2ccccc2CCOCC2C=C(Br)NO2)CC1. The summed E-state index contributed by atoms with van der Waals surface area (Å²) < 4.78 is 6.61. The second-order valence-electron chi connectivity index (χ2n) is 6.35. The van der Waals surface area contributed by atoms with Crippen molar-refractivity contribution in [3.63, 3.8) is 0 Å². The molecule has 21 heavy (non-hydrogen) atoms. The zero-order valence-electron chi connectivity index (χ0n) is 12.4. The van der Waals surface area contributed by atoms with Crippen LogP contribution in [0.4, 0.5) is 0 Å². The van der Waals surface area contributed by atoms with E-state index in [9.17, 15) is 0 Å². The molecule has 1 aromatic carbocycles. The van der Waals surface area contributed by atoms with E-state index in [0.29, 0.717) is 12.0 Å². The third-order valence-corrected chi connectivity index (χ3v) is 4.70. The number of hydrogen-bond acceptors (Lipinski definition) is 3. The van der Waals surface area contributed by atoms with E-state index in [1.807, 2.05) is 6.08 Å². The first kappa shape index (κ1) is 15.1. The molecule has 1 unspecified atom stereocenters. The smallest absolute Gasteiger partial charge is 0.130 e. The van der Waals surface area contributed by atoms with Gasteiger partial charge in [0.15, 0.2) is 0 Å². The molecule has 3 nitrogen and oxygen atoms in total. The maximum absolute atomic E-state index is 5.74. The van der Waals surface area contributed by atoms with Gasteiger partial charge in [0.1, 0.15) is 10.7 Å². The first-order chi connectivity index (χ1) is 10.1. The van der Waals surface area contributed by atoms with Gasteiger partial charge in [0.25, 0.3) is 0 Å². The Morgan fingerprint density at radius 2 is 2.10 bits per heavy atom. The molecule has 1 N–H and O–H groups in total. The van der Waals surface area contributed by atoms with Crippen molar-refractivity contribution in [2.24, 2.45) is 5.41 Å². The molecule has 0 amide bonds. The molecule has 0 spiro atoms. The molecular formula is C17H22BrNO2. The lowest BCUT2D eigenvalue weighted by atomic mass is 9.94. The van der Waals surface area contributed by atoms with Crippen molar-refractivity contribution < 1.29 is 9.57 Å². The van der Waals surface area contributed by atoms with Crippen LogP contribution in [0.2, 0.25) is 0 Å². The standard InChI is InChI=1S/C17H22BrNO2/c1-17(7-8-17)11-14-5-3-2-4-13(14)6-9-20-12-15-10-16(18)19-21-15/h2-5,10,15,19H,6-9,11-12H2,1H3. The molecule has 1 saturated carbocycles. The zero-order valence-corrected chi connectivity index (χ0v) is 14.0. The van der Waals surface area contributed by atoms with E-state index in [-0.39, 0.29) is 6.10 Å². The average molecular weight is 352 g/mol. The largest absolute Gasteiger partial charge is 0.378 e. The Morgan fingerprint density at radius 3 is 2.76 bits per heavy atom. The Morgan fingerprint density at radius 1 is 1.33 bits per heavy atom. The van der Waals surface area contributed by atoms with Gasteiger partial charge in [0.2, 0.25) is 0 Å². The molecule has 0 radical (unpaired) electrons. The molecule has 1 heterocycles. The van der Waals surface area contributed by atoms with Crippen LogP contribution >= 0.6 is 15.9 Å². The van der Waals surface area contributed by atoms with Gasteiger partial charge >= 0.3 is 0 Å². The van der Waals surface area contributed by atoms with Crippen molar-refractivity contribution in [2.45, 2.75) is 38.7 Å². The quantitative estimate of drug-likeness (QED) is 0.599. The van der Waals surface area contributed by atoms with E-state index < -0.39 is 0 Å². The first-order valence-corrected chi connectivity index (χ1v) is 8.37. The highest BCUT2D eigenvalue weighted by molar-refractivity contribution is 9.11. The zero-order chi connectivity index (χ0) is 14.7. The van der Waals surface area contributed by atoms with E-state index in [4.69, 9.17) is 9.57 Å². The van der Waals surface area contributed by atoms with Crippen LogP contribution in [0.3, 0.4) is 0 Å². The maximum Gasteiger partial charge on any atom is 0.130 e. The molecule has 0 bridgehead atoms. The van der Waals surface area contributed by atoms with Crippen molar-refractivity contribution >= 4 is 15.9 Å². The van der Waals surface area contributed by atoms with Crippen LogP contribution in [0, 0.1) is 5.41 Å². The van der Waals surface area contributed by atoms with E-state index in [0.717, 1.165) is 17.6 Å². The lowest BCUT2D eigenvalue weighted by molar-refractivity contribution is -0.0123. The van der Waals surface area contributed by atoms with Gasteiger partial charge < -0.3 is 4.74 Å². The second kappa shape index (κ2) is 6.51. The fourth-order valence-electron chi connectivity index (χ4n) is 2.65. The number of hydrogen-bond donors (Lipinski definition) is 1. The van der Waals surface area contributed by atoms with Crippen LogP contribution in [0.15, 0.2) is 34.9 Å². The Bertz CT molecular complexity index is 525. The molecule has 3 rings (SSSR count). The molecule has 1 fully saturated rings. The second-order valence-corrected chi connectivity index (χ2v) is 7.21. The fourth-order valence-corrected chi connectivity index (χ4v) is 3.04. The fraction of sp³-hybridized carbons (Fsp3) is 0.529. The number of benzene rings is 1. The monoisotopic (exact) mass is 351 g/mol. The molecule has 1 atom stereocenters. The maximum atomic E-state index is 5.74. The molecule has 114 valence electrons. The van der Waals surface area contributed by atoms with Crippen LogP contribution < -0.4 is 5.48 Å². The third-order valence-electron chi connectivity index (χ3n) is 4.28. The average Bonchev–Trinajstić information content (AvgIpc) is 3.04. The van der Waals surface area contributed by atoms with Crippen LogP contribution in [0.5, 0.6) is 0 Å². The van der Waals surface area contributed by atoms with Crippen LogP contribution in [0.25, 0.3) is 0 Å². The van der Waals surface area contributed by atoms with E-state index in [1.165, 1.54) is 30.4 Å². The van der Waals surface area contributed by atoms with Crippen molar-refractivity contribution in [1.29, 1.82) is 0 Å². The predicted octanol–water partition coefficient (Wildman–Crippen LogP) is 3.73. The number of hydroxylamine groups is 1. The molecule has 2 aliphatic rings. The topological polar surface area (TPSA) is 30.5 Å².